The molecule has 3 radical (unpaired) electrons. The van der Waals surface area contributed by atoms with E-state index < -0.39 is 17.9 Å². The first-order chi connectivity index (χ1) is 34.4. The van der Waals surface area contributed by atoms with Crippen LogP contribution in [0.5, 0.6) is 0 Å². The number of nitrogens with one attached hydrogen (secondary N) is 1. The number of hydrogen-bond donors (Lipinski definition) is 1. The number of terminal acetylenes is 1. The predicted octanol–water partition coefficient (Wildman–Crippen LogP) is 0.874. The largest absolute Gasteiger partial charge is 1.00 e. The van der Waals surface area contributed by atoms with Crippen LogP contribution < -0.4 is 113 Å². The maximum atomic E-state index is 11.9. The summed E-state index contributed by atoms with van der Waals surface area (Å²) in [5.41, 5.74) is 3.34. The Kier molecular flexibility index (Phi) is 79.2. The van der Waals surface area contributed by atoms with Crippen LogP contribution in [0.3, 0.4) is 0 Å². The Morgan fingerprint density at radius 3 is 1.65 bits per heavy atom. The number of ketones is 1. The summed E-state index contributed by atoms with van der Waals surface area (Å²) in [6.45, 7) is 17.8. The van der Waals surface area contributed by atoms with Crippen molar-refractivity contribution in [1.29, 1.82) is 0 Å². The number of nitrogens with zero attached hydrogens (tertiary/aromatic N) is 2. The number of hydrogen-bond acceptors (Lipinski definition) is 17. The Labute approximate surface area is 620 Å². The first-order valence-electron chi connectivity index (χ1n) is 23.2. The van der Waals surface area contributed by atoms with Gasteiger partial charge in [0.2, 0.25) is 0 Å². The Bertz CT molecular complexity index is 1870. The van der Waals surface area contributed by atoms with Crippen molar-refractivity contribution >= 4 is 58.0 Å². The van der Waals surface area contributed by atoms with Gasteiger partial charge in [0.25, 0.3) is 6.47 Å². The van der Waals surface area contributed by atoms with Gasteiger partial charge in [0.05, 0.1) is 45.4 Å². The fourth-order valence-corrected chi connectivity index (χ4v) is 5.75. The molecule has 1 atom stereocenters. The number of carbonyl (C=O) groups excluding carboxylic acids is 7. The third kappa shape index (κ3) is 54.6. The van der Waals surface area contributed by atoms with Crippen LogP contribution in [0.1, 0.15) is 88.8 Å². The van der Waals surface area contributed by atoms with Crippen molar-refractivity contribution in [2.45, 2.75) is 87.4 Å². The molecule has 0 aromatic heterocycles. The SMILES string of the molecule is C.C#C.CCOC(=O)C1CCN(Cc2ccccc2)[CH-]C1=O.CCOC(=O)CCCBr.CCOC(=O)[CH-]N(CCC(=O)OCC)Cc1ccccc1.CCOC(=O)[CH-]NCc1ccccc1.O=CO[O-].[2H][2H].[H-].[K+].[K+].[Y].[Y].[Y]. The average Bonchev–Trinajstić information content (AvgIpc) is 3.38. The minimum atomic E-state index is -0.619. The number of rotatable bonds is 23. The standard InChI is InChI=1S/C16H22NO4.C15H18NO3.C11H14NO2.C6H11BrO2.C2H2.CH2O3.CH4.2K.3Y.H2.H/c1-3-20-15(18)10-11-17(13-16(19)21-4-2)12-14-8-6-5-7-9-14;1-2-19-15(18)13-8-9-16(11-14(13)17)10-12-6-4-3-5-7-12;1-2-14-11(13)9-12-8-10-6-4-3-5-7-10;1-2-9-6(8)4-3-5-7;1-2;2-1-4-3;;;;;;;;/h5-9,13H,3-4,10-12H2,1-2H3;3-7,11,13H,2,8-10H2,1H3;3-7,9,12H,2,8H2,1H3;2-5H2,1H3;1-2H;1,3H;1H4;;;;;;1H;/q3*-1;;;;;2*+1;;;;;-1/p-1/i;;;;;;;;;;;;1+1D;. The second kappa shape index (κ2) is 66.7. The summed E-state index contributed by atoms with van der Waals surface area (Å²) in [6.07, 6.45) is 10.1. The molecule has 1 aliphatic rings. The Hall–Kier alpha value is 0.224. The van der Waals surface area contributed by atoms with Crippen LogP contribution >= 0.6 is 15.9 Å². The summed E-state index contributed by atoms with van der Waals surface area (Å²) in [4.78, 5) is 82.9. The van der Waals surface area contributed by atoms with Gasteiger partial charge < -0.3 is 55.2 Å². The number of Topliss-reactive ketones (excluding diaryl/α,β-unsaturated/α-hetero) is 1. The van der Waals surface area contributed by atoms with Crippen molar-refractivity contribution in [1.82, 2.24) is 15.1 Å². The topological polar surface area (TPSA) is 216 Å². The van der Waals surface area contributed by atoms with E-state index in [1.807, 2.05) is 103 Å². The summed E-state index contributed by atoms with van der Waals surface area (Å²) in [5.74, 6) is -2.28. The van der Waals surface area contributed by atoms with Crippen LogP contribution in [0.15, 0.2) is 91.0 Å². The number of benzene rings is 3. The van der Waals surface area contributed by atoms with E-state index in [0.717, 1.165) is 28.4 Å². The van der Waals surface area contributed by atoms with Gasteiger partial charge in [-0.3, -0.25) is 35.3 Å². The van der Waals surface area contributed by atoms with E-state index in [0.29, 0.717) is 78.6 Å². The summed E-state index contributed by atoms with van der Waals surface area (Å²) in [7, 11) is 0. The number of likely N-dealkylation sites (tertiary alicyclic amines) is 1. The summed E-state index contributed by atoms with van der Waals surface area (Å²) >= 11 is 3.22. The molecule has 403 valence electrons. The summed E-state index contributed by atoms with van der Waals surface area (Å²) < 4.78 is 34.1. The molecule has 3 aromatic carbocycles. The summed E-state index contributed by atoms with van der Waals surface area (Å²) in [5, 5.41) is 12.2. The van der Waals surface area contributed by atoms with E-state index in [9.17, 15) is 28.8 Å². The molecule has 75 heavy (non-hydrogen) atoms. The second-order valence-electron chi connectivity index (χ2n) is 13.5. The molecule has 0 bridgehead atoms. The first kappa shape index (κ1) is 89.0. The molecule has 1 unspecified atom stereocenters. The van der Waals surface area contributed by atoms with Crippen LogP contribution in [0, 0.1) is 38.4 Å². The Balaban J connectivity index is -0.0000000943. The van der Waals surface area contributed by atoms with Gasteiger partial charge in [0.15, 0.2) is 11.9 Å². The monoisotopic (exact) mass is 1390 g/mol. The fourth-order valence-electron chi connectivity index (χ4n) is 5.47. The zero-order chi connectivity index (χ0) is 53.9. The molecule has 1 heterocycles. The smallest absolute Gasteiger partial charge is 1.00 e. The van der Waals surface area contributed by atoms with E-state index in [2.05, 4.69) is 43.7 Å². The predicted molar refractivity (Wildman–Crippen MR) is 271 cm³/mol. The van der Waals surface area contributed by atoms with Crippen molar-refractivity contribution < 1.29 is 273 Å². The minimum absolute atomic E-state index is 0. The van der Waals surface area contributed by atoms with E-state index in [4.69, 9.17) is 32.0 Å². The average molecular weight is 1390 g/mol. The third-order valence-electron chi connectivity index (χ3n) is 8.38. The van der Waals surface area contributed by atoms with Crippen molar-refractivity contribution in [3.8, 4) is 12.8 Å². The maximum Gasteiger partial charge on any atom is 1.00 e. The molecule has 1 aliphatic heterocycles. The maximum absolute atomic E-state index is 11.9. The molecule has 0 spiro atoms. The number of esters is 5. The number of carbonyl (C=O) groups is 7. The molecule has 1 N–H and O–H groups in total. The summed E-state index contributed by atoms with van der Waals surface area (Å²) in [6, 6.07) is 29.6. The van der Waals surface area contributed by atoms with Crippen molar-refractivity contribution in [3.05, 3.63) is 127 Å². The molecule has 3 aromatic rings. The van der Waals surface area contributed by atoms with E-state index in [-0.39, 0.29) is 246 Å². The molecular weight excluding hydrogens is 1320 g/mol. The van der Waals surface area contributed by atoms with Gasteiger partial charge in [-0.05, 0) is 96.9 Å². The van der Waals surface area contributed by atoms with Gasteiger partial charge in [-0.2, -0.15) is 0 Å². The first-order valence-corrected chi connectivity index (χ1v) is 23.4. The molecule has 17 nitrogen and oxygen atoms in total. The van der Waals surface area contributed by atoms with Gasteiger partial charge in [-0.1, -0.05) is 114 Å². The van der Waals surface area contributed by atoms with Gasteiger partial charge >= 0.3 is 121 Å². The van der Waals surface area contributed by atoms with Crippen LogP contribution in [0.4, 0.5) is 0 Å². The minimum Gasteiger partial charge on any atom is -1.00 e. The molecule has 0 aliphatic carbocycles. The van der Waals surface area contributed by atoms with Crippen LogP contribution in [0.25, 0.3) is 0 Å². The van der Waals surface area contributed by atoms with Crippen LogP contribution in [0.2, 0.25) is 0 Å². The van der Waals surface area contributed by atoms with Gasteiger partial charge in [0.1, 0.15) is 0 Å². The van der Waals surface area contributed by atoms with Crippen LogP contribution in [-0.2, 0) is 180 Å². The molecule has 1 saturated heterocycles. The van der Waals surface area contributed by atoms with Gasteiger partial charge in [0, 0.05) is 119 Å². The molecular formula is C52H75BrK2N3O14Y3-3. The van der Waals surface area contributed by atoms with Gasteiger partial charge in [-0.25, -0.2) is 13.1 Å². The Morgan fingerprint density at radius 1 is 0.773 bits per heavy atom. The fraction of sp³-hybridized carbons (Fsp3) is 0.423. The zero-order valence-corrected chi connectivity index (χ0v) is 60.4. The Morgan fingerprint density at radius 2 is 1.21 bits per heavy atom. The number of piperidine rings is 1. The van der Waals surface area contributed by atoms with Gasteiger partial charge in [-0.15, -0.1) is 12.8 Å². The van der Waals surface area contributed by atoms with Crippen molar-refractivity contribution in [3.63, 3.8) is 0 Å². The normalized spacial score (nSPS) is 11.2. The number of alkyl halides is 1. The van der Waals surface area contributed by atoms with E-state index in [1.165, 1.54) is 19.6 Å². The number of halogens is 1. The molecule has 1 fully saturated rings. The third-order valence-corrected chi connectivity index (χ3v) is 8.94. The molecule has 0 amide bonds. The molecule has 0 saturated carbocycles. The van der Waals surface area contributed by atoms with Crippen molar-refractivity contribution in [2.24, 2.45) is 5.92 Å². The molecule has 4 rings (SSSR count). The van der Waals surface area contributed by atoms with E-state index in [1.54, 1.807) is 32.6 Å². The van der Waals surface area contributed by atoms with E-state index >= 15 is 0 Å². The number of ether oxygens (including phenoxy) is 5. The van der Waals surface area contributed by atoms with Crippen LogP contribution in [-0.4, -0.2) is 103 Å². The molecule has 23 heteroatoms. The second-order valence-corrected chi connectivity index (χ2v) is 14.3. The quantitative estimate of drug-likeness (QED) is 0.0133. The zero-order valence-electron chi connectivity index (χ0n) is 47.0. The van der Waals surface area contributed by atoms with Crippen molar-refractivity contribution in [2.75, 3.05) is 51.5 Å².